The Morgan fingerprint density at radius 2 is 1.81 bits per heavy atom. The van der Waals surface area contributed by atoms with Gasteiger partial charge in [0.1, 0.15) is 0 Å². The van der Waals surface area contributed by atoms with Crippen molar-refractivity contribution in [2.75, 3.05) is 0 Å². The molecule has 0 bridgehead atoms. The smallest absolute Gasteiger partial charge is 0.0106 e. The first-order valence-corrected chi connectivity index (χ1v) is 5.10. The van der Waals surface area contributed by atoms with Crippen LogP contribution in [-0.2, 0) is 13.5 Å². The van der Waals surface area contributed by atoms with E-state index in [1.54, 1.807) is 0 Å². The van der Waals surface area contributed by atoms with Crippen molar-refractivity contribution in [1.82, 2.24) is 4.57 Å². The molecule has 0 aliphatic rings. The van der Waals surface area contributed by atoms with E-state index in [2.05, 4.69) is 53.9 Å². The SMILES string of the molecule is C=Cc1ccc(Cc2ccn(C)c2)cc1.Cl. The summed E-state index contributed by atoms with van der Waals surface area (Å²) in [7, 11) is 2.05. The maximum atomic E-state index is 3.74. The second-order valence-corrected chi connectivity index (χ2v) is 3.81. The lowest BCUT2D eigenvalue weighted by Crippen LogP contribution is -1.86. The van der Waals surface area contributed by atoms with Crippen LogP contribution in [0.2, 0.25) is 0 Å². The van der Waals surface area contributed by atoms with Crippen molar-refractivity contribution in [2.24, 2.45) is 7.05 Å². The van der Waals surface area contributed by atoms with E-state index >= 15 is 0 Å². The highest BCUT2D eigenvalue weighted by atomic mass is 35.5. The summed E-state index contributed by atoms with van der Waals surface area (Å²) in [4.78, 5) is 0. The third-order valence-corrected chi connectivity index (χ3v) is 2.52. The number of halogens is 1. The monoisotopic (exact) mass is 233 g/mol. The zero-order valence-corrected chi connectivity index (χ0v) is 10.2. The Bertz CT molecular complexity index is 454. The van der Waals surface area contributed by atoms with Crippen molar-refractivity contribution in [3.05, 3.63) is 66.0 Å². The third-order valence-electron chi connectivity index (χ3n) is 2.52. The minimum absolute atomic E-state index is 0. The molecule has 0 radical (unpaired) electrons. The van der Waals surface area contributed by atoms with Crippen LogP contribution in [0.1, 0.15) is 16.7 Å². The fourth-order valence-corrected chi connectivity index (χ4v) is 1.67. The van der Waals surface area contributed by atoms with E-state index in [0.717, 1.165) is 6.42 Å². The first-order valence-electron chi connectivity index (χ1n) is 5.10. The van der Waals surface area contributed by atoms with Gasteiger partial charge in [-0.3, -0.25) is 0 Å². The topological polar surface area (TPSA) is 4.93 Å². The second kappa shape index (κ2) is 5.57. The van der Waals surface area contributed by atoms with Crippen LogP contribution >= 0.6 is 12.4 Å². The van der Waals surface area contributed by atoms with Gasteiger partial charge in [-0.05, 0) is 29.2 Å². The molecule has 16 heavy (non-hydrogen) atoms. The van der Waals surface area contributed by atoms with Gasteiger partial charge in [0, 0.05) is 19.4 Å². The van der Waals surface area contributed by atoms with E-state index in [9.17, 15) is 0 Å². The zero-order valence-electron chi connectivity index (χ0n) is 9.39. The van der Waals surface area contributed by atoms with Crippen LogP contribution in [0.3, 0.4) is 0 Å². The number of aryl methyl sites for hydroxylation is 1. The van der Waals surface area contributed by atoms with E-state index in [0.29, 0.717) is 0 Å². The zero-order chi connectivity index (χ0) is 10.7. The van der Waals surface area contributed by atoms with Gasteiger partial charge in [0.05, 0.1) is 0 Å². The average molecular weight is 234 g/mol. The van der Waals surface area contributed by atoms with Gasteiger partial charge in [0.25, 0.3) is 0 Å². The summed E-state index contributed by atoms with van der Waals surface area (Å²) in [6.07, 6.45) is 7.10. The van der Waals surface area contributed by atoms with Crippen LogP contribution in [0.4, 0.5) is 0 Å². The molecular weight excluding hydrogens is 218 g/mol. The highest BCUT2D eigenvalue weighted by Gasteiger charge is 1.97. The Morgan fingerprint density at radius 3 is 2.31 bits per heavy atom. The lowest BCUT2D eigenvalue weighted by Gasteiger charge is -1.99. The minimum atomic E-state index is 0. The molecule has 1 aromatic carbocycles. The maximum absolute atomic E-state index is 3.74. The van der Waals surface area contributed by atoms with Crippen molar-refractivity contribution >= 4 is 18.5 Å². The van der Waals surface area contributed by atoms with Gasteiger partial charge in [-0.15, -0.1) is 12.4 Å². The van der Waals surface area contributed by atoms with Crippen LogP contribution in [0, 0.1) is 0 Å². The summed E-state index contributed by atoms with van der Waals surface area (Å²) in [5.41, 5.74) is 3.86. The molecule has 2 heteroatoms. The molecule has 0 N–H and O–H groups in total. The number of aromatic nitrogens is 1. The molecule has 2 rings (SSSR count). The summed E-state index contributed by atoms with van der Waals surface area (Å²) in [5, 5.41) is 0. The molecule has 0 atom stereocenters. The number of benzene rings is 1. The Labute approximate surface area is 103 Å². The van der Waals surface area contributed by atoms with Gasteiger partial charge < -0.3 is 4.57 Å². The Kier molecular flexibility index (Phi) is 4.39. The molecule has 0 aliphatic carbocycles. The standard InChI is InChI=1S/C14H15N.ClH/c1-3-12-4-6-13(7-5-12)10-14-8-9-15(2)11-14;/h3-9,11H,1,10H2,2H3;1H. The van der Waals surface area contributed by atoms with Crippen molar-refractivity contribution in [2.45, 2.75) is 6.42 Å². The summed E-state index contributed by atoms with van der Waals surface area (Å²) in [6.45, 7) is 3.74. The molecule has 0 saturated heterocycles. The molecule has 1 heterocycles. The van der Waals surface area contributed by atoms with E-state index in [4.69, 9.17) is 0 Å². The van der Waals surface area contributed by atoms with Crippen LogP contribution in [-0.4, -0.2) is 4.57 Å². The molecule has 1 aromatic heterocycles. The van der Waals surface area contributed by atoms with Crippen molar-refractivity contribution in [3.63, 3.8) is 0 Å². The van der Waals surface area contributed by atoms with E-state index < -0.39 is 0 Å². The lowest BCUT2D eigenvalue weighted by molar-refractivity contribution is 0.921. The Balaban J connectivity index is 0.00000128. The molecule has 0 spiro atoms. The van der Waals surface area contributed by atoms with E-state index in [1.807, 2.05) is 13.1 Å². The van der Waals surface area contributed by atoms with Gasteiger partial charge >= 0.3 is 0 Å². The van der Waals surface area contributed by atoms with Gasteiger partial charge in [0.2, 0.25) is 0 Å². The largest absolute Gasteiger partial charge is 0.357 e. The summed E-state index contributed by atoms with van der Waals surface area (Å²) in [6, 6.07) is 10.7. The van der Waals surface area contributed by atoms with Gasteiger partial charge in [-0.1, -0.05) is 36.9 Å². The number of hydrogen-bond acceptors (Lipinski definition) is 0. The maximum Gasteiger partial charge on any atom is 0.0106 e. The normalized spacial score (nSPS) is 9.56. The van der Waals surface area contributed by atoms with Gasteiger partial charge in [-0.2, -0.15) is 0 Å². The Hall–Kier alpha value is -1.47. The first kappa shape index (κ1) is 12.6. The molecule has 0 unspecified atom stereocenters. The molecule has 2 aromatic rings. The number of nitrogens with zero attached hydrogens (tertiary/aromatic N) is 1. The van der Waals surface area contributed by atoms with E-state index in [-0.39, 0.29) is 12.4 Å². The van der Waals surface area contributed by atoms with Crippen LogP contribution in [0.5, 0.6) is 0 Å². The number of rotatable bonds is 3. The minimum Gasteiger partial charge on any atom is -0.357 e. The molecule has 0 aliphatic heterocycles. The highest BCUT2D eigenvalue weighted by molar-refractivity contribution is 5.85. The predicted octanol–water partition coefficient (Wildman–Crippen LogP) is 3.68. The number of hydrogen-bond donors (Lipinski definition) is 0. The van der Waals surface area contributed by atoms with Gasteiger partial charge in [0.15, 0.2) is 0 Å². The third kappa shape index (κ3) is 3.01. The first-order chi connectivity index (χ1) is 7.28. The molecular formula is C14H16ClN. The highest BCUT2D eigenvalue weighted by Crippen LogP contribution is 2.11. The molecule has 0 fully saturated rings. The molecule has 0 saturated carbocycles. The van der Waals surface area contributed by atoms with Crippen molar-refractivity contribution in [3.8, 4) is 0 Å². The van der Waals surface area contributed by atoms with Crippen molar-refractivity contribution < 1.29 is 0 Å². The van der Waals surface area contributed by atoms with Crippen LogP contribution < -0.4 is 0 Å². The fraction of sp³-hybridized carbons (Fsp3) is 0.143. The average Bonchev–Trinajstić information content (AvgIpc) is 2.65. The summed E-state index contributed by atoms with van der Waals surface area (Å²) >= 11 is 0. The Morgan fingerprint density at radius 1 is 1.12 bits per heavy atom. The summed E-state index contributed by atoms with van der Waals surface area (Å²) < 4.78 is 2.08. The predicted molar refractivity (Wildman–Crippen MR) is 72.0 cm³/mol. The quantitative estimate of drug-likeness (QED) is 0.762. The van der Waals surface area contributed by atoms with Gasteiger partial charge in [-0.25, -0.2) is 0 Å². The summed E-state index contributed by atoms with van der Waals surface area (Å²) in [5.74, 6) is 0. The lowest BCUT2D eigenvalue weighted by atomic mass is 10.1. The molecule has 84 valence electrons. The van der Waals surface area contributed by atoms with Crippen LogP contribution in [0.25, 0.3) is 6.08 Å². The van der Waals surface area contributed by atoms with E-state index in [1.165, 1.54) is 16.7 Å². The molecule has 0 amide bonds. The fourth-order valence-electron chi connectivity index (χ4n) is 1.67. The second-order valence-electron chi connectivity index (χ2n) is 3.81. The van der Waals surface area contributed by atoms with Crippen LogP contribution in [0.15, 0.2) is 49.3 Å². The van der Waals surface area contributed by atoms with Crippen molar-refractivity contribution in [1.29, 1.82) is 0 Å². The molecule has 1 nitrogen and oxygen atoms in total.